The van der Waals surface area contributed by atoms with E-state index in [1.165, 1.54) is 6.07 Å². The van der Waals surface area contributed by atoms with Crippen molar-refractivity contribution >= 4 is 5.82 Å². The lowest BCUT2D eigenvalue weighted by Crippen LogP contribution is -2.30. The van der Waals surface area contributed by atoms with Gasteiger partial charge in [0.1, 0.15) is 11.6 Å². The van der Waals surface area contributed by atoms with Gasteiger partial charge in [-0.1, -0.05) is 0 Å². The maximum absolute atomic E-state index is 13.0. The van der Waals surface area contributed by atoms with Gasteiger partial charge >= 0.3 is 0 Å². The molecule has 3 nitrogen and oxygen atoms in total. The summed E-state index contributed by atoms with van der Waals surface area (Å²) in [4.78, 5) is 5.94. The summed E-state index contributed by atoms with van der Waals surface area (Å²) in [5.74, 6) is 0.0552. The van der Waals surface area contributed by atoms with Gasteiger partial charge in [-0.05, 0) is 33.9 Å². The molecule has 1 aromatic rings. The van der Waals surface area contributed by atoms with Gasteiger partial charge in [0.15, 0.2) is 0 Å². The Morgan fingerprint density at radius 1 is 1.40 bits per heavy atom. The van der Waals surface area contributed by atoms with Gasteiger partial charge in [0.25, 0.3) is 0 Å². The van der Waals surface area contributed by atoms with Crippen molar-refractivity contribution < 1.29 is 4.39 Å². The van der Waals surface area contributed by atoms with Gasteiger partial charge in [0, 0.05) is 17.6 Å². The van der Waals surface area contributed by atoms with Crippen LogP contribution in [-0.4, -0.2) is 23.0 Å². The second-order valence-corrected chi connectivity index (χ2v) is 4.06. The molecule has 0 radical (unpaired) electrons. The van der Waals surface area contributed by atoms with Gasteiger partial charge in [-0.2, -0.15) is 0 Å². The third kappa shape index (κ3) is 2.65. The van der Waals surface area contributed by atoms with Gasteiger partial charge in [-0.25, -0.2) is 9.37 Å². The molecule has 0 saturated heterocycles. The number of nitrogens with zero attached hydrogens (tertiary/aromatic N) is 2. The van der Waals surface area contributed by atoms with Crippen molar-refractivity contribution in [2.24, 2.45) is 0 Å². The number of anilines is 1. The Balaban J connectivity index is 2.99. The number of halogens is 1. The minimum absolute atomic E-state index is 0.0631. The SMILES string of the molecule is CC(C)N(C)C(C)c1cc(F)cnc1N. The summed E-state index contributed by atoms with van der Waals surface area (Å²) in [5, 5.41) is 0. The Kier molecular flexibility index (Phi) is 3.63. The van der Waals surface area contributed by atoms with Gasteiger partial charge in [0.05, 0.1) is 6.20 Å². The average molecular weight is 211 g/mol. The Morgan fingerprint density at radius 2 is 2.00 bits per heavy atom. The average Bonchev–Trinajstić information content (AvgIpc) is 2.19. The minimum Gasteiger partial charge on any atom is -0.383 e. The highest BCUT2D eigenvalue weighted by Gasteiger charge is 2.17. The number of pyridine rings is 1. The van der Waals surface area contributed by atoms with E-state index in [2.05, 4.69) is 23.7 Å². The molecule has 0 aliphatic rings. The third-order valence-corrected chi connectivity index (χ3v) is 2.79. The van der Waals surface area contributed by atoms with E-state index in [4.69, 9.17) is 5.73 Å². The van der Waals surface area contributed by atoms with Crippen LogP contribution in [0.4, 0.5) is 10.2 Å². The zero-order chi connectivity index (χ0) is 11.6. The summed E-state index contributed by atoms with van der Waals surface area (Å²) in [6.45, 7) is 6.16. The zero-order valence-electron chi connectivity index (χ0n) is 9.66. The van der Waals surface area contributed by atoms with Gasteiger partial charge in [0.2, 0.25) is 0 Å². The molecule has 0 saturated carbocycles. The van der Waals surface area contributed by atoms with Crippen LogP contribution in [0.3, 0.4) is 0 Å². The number of hydrogen-bond donors (Lipinski definition) is 1. The van der Waals surface area contributed by atoms with Gasteiger partial charge < -0.3 is 5.73 Å². The molecular weight excluding hydrogens is 193 g/mol. The summed E-state index contributed by atoms with van der Waals surface area (Å²) < 4.78 is 13.0. The summed E-state index contributed by atoms with van der Waals surface area (Å²) >= 11 is 0. The van der Waals surface area contributed by atoms with Crippen molar-refractivity contribution in [1.29, 1.82) is 0 Å². The molecular formula is C11H18FN3. The van der Waals surface area contributed by atoms with Crippen molar-refractivity contribution in [2.45, 2.75) is 32.9 Å². The van der Waals surface area contributed by atoms with E-state index in [-0.39, 0.29) is 11.9 Å². The lowest BCUT2D eigenvalue weighted by atomic mass is 10.1. The van der Waals surface area contributed by atoms with Crippen LogP contribution >= 0.6 is 0 Å². The molecule has 0 bridgehead atoms. The fraction of sp³-hybridized carbons (Fsp3) is 0.545. The summed E-state index contributed by atoms with van der Waals surface area (Å²) in [7, 11) is 1.99. The Bertz CT molecular complexity index is 339. The number of rotatable bonds is 3. The number of aromatic nitrogens is 1. The van der Waals surface area contributed by atoms with E-state index in [1.807, 2.05) is 14.0 Å². The van der Waals surface area contributed by atoms with Crippen LogP contribution in [0.25, 0.3) is 0 Å². The van der Waals surface area contributed by atoms with Crippen molar-refractivity contribution in [1.82, 2.24) is 9.88 Å². The quantitative estimate of drug-likeness (QED) is 0.833. The highest BCUT2D eigenvalue weighted by atomic mass is 19.1. The van der Waals surface area contributed by atoms with Crippen LogP contribution in [0.1, 0.15) is 32.4 Å². The molecule has 1 atom stereocenters. The van der Waals surface area contributed by atoms with Crippen molar-refractivity contribution in [3.8, 4) is 0 Å². The molecule has 0 amide bonds. The molecule has 1 aromatic heterocycles. The Morgan fingerprint density at radius 3 is 2.53 bits per heavy atom. The second kappa shape index (κ2) is 4.57. The zero-order valence-corrected chi connectivity index (χ0v) is 9.66. The highest BCUT2D eigenvalue weighted by Crippen LogP contribution is 2.24. The first kappa shape index (κ1) is 11.9. The first-order valence-electron chi connectivity index (χ1n) is 5.06. The van der Waals surface area contributed by atoms with Crippen molar-refractivity contribution in [2.75, 3.05) is 12.8 Å². The predicted molar refractivity (Wildman–Crippen MR) is 59.9 cm³/mol. The molecule has 0 aliphatic heterocycles. The van der Waals surface area contributed by atoms with E-state index in [9.17, 15) is 4.39 Å². The monoisotopic (exact) mass is 211 g/mol. The van der Waals surface area contributed by atoms with Crippen LogP contribution in [0, 0.1) is 5.82 Å². The number of nitrogen functional groups attached to an aromatic ring is 1. The standard InChI is InChI=1S/C11H18FN3/c1-7(2)15(4)8(3)10-5-9(12)6-14-11(10)13/h5-8H,1-4H3,(H2,13,14). The molecule has 1 unspecified atom stereocenters. The molecule has 15 heavy (non-hydrogen) atoms. The van der Waals surface area contributed by atoms with E-state index < -0.39 is 0 Å². The van der Waals surface area contributed by atoms with Gasteiger partial charge in [-0.15, -0.1) is 0 Å². The first-order valence-corrected chi connectivity index (χ1v) is 5.06. The van der Waals surface area contributed by atoms with E-state index >= 15 is 0 Å². The fourth-order valence-electron chi connectivity index (χ4n) is 1.47. The molecule has 0 spiro atoms. The van der Waals surface area contributed by atoms with Crippen LogP contribution in [-0.2, 0) is 0 Å². The number of nitrogens with two attached hydrogens (primary N) is 1. The summed E-state index contributed by atoms with van der Waals surface area (Å²) in [6.07, 6.45) is 1.14. The maximum Gasteiger partial charge on any atom is 0.141 e. The molecule has 0 fully saturated rings. The van der Waals surface area contributed by atoms with E-state index in [1.54, 1.807) is 0 Å². The van der Waals surface area contributed by atoms with Gasteiger partial charge in [-0.3, -0.25) is 4.90 Å². The maximum atomic E-state index is 13.0. The van der Waals surface area contributed by atoms with Crippen LogP contribution < -0.4 is 5.73 Å². The summed E-state index contributed by atoms with van der Waals surface area (Å²) in [5.41, 5.74) is 6.47. The Labute approximate surface area is 90.1 Å². The molecule has 1 heterocycles. The van der Waals surface area contributed by atoms with Crippen LogP contribution in [0.2, 0.25) is 0 Å². The highest BCUT2D eigenvalue weighted by molar-refractivity contribution is 5.40. The first-order chi connectivity index (χ1) is 6.93. The topological polar surface area (TPSA) is 42.2 Å². The minimum atomic E-state index is -0.344. The second-order valence-electron chi connectivity index (χ2n) is 4.06. The molecule has 84 valence electrons. The normalized spacial score (nSPS) is 13.5. The molecule has 0 aromatic carbocycles. The summed E-state index contributed by atoms with van der Waals surface area (Å²) in [6, 6.07) is 1.89. The largest absolute Gasteiger partial charge is 0.383 e. The van der Waals surface area contributed by atoms with Crippen molar-refractivity contribution in [3.05, 3.63) is 23.6 Å². The smallest absolute Gasteiger partial charge is 0.141 e. The third-order valence-electron chi connectivity index (χ3n) is 2.79. The molecule has 0 aliphatic carbocycles. The lowest BCUT2D eigenvalue weighted by Gasteiger charge is -2.29. The molecule has 1 rings (SSSR count). The van der Waals surface area contributed by atoms with E-state index in [0.717, 1.165) is 11.8 Å². The molecule has 4 heteroatoms. The van der Waals surface area contributed by atoms with Crippen LogP contribution in [0.15, 0.2) is 12.3 Å². The van der Waals surface area contributed by atoms with Crippen molar-refractivity contribution in [3.63, 3.8) is 0 Å². The Hall–Kier alpha value is -1.16. The predicted octanol–water partition coefficient (Wildman–Crippen LogP) is 2.20. The lowest BCUT2D eigenvalue weighted by molar-refractivity contribution is 0.210. The number of hydrogen-bond acceptors (Lipinski definition) is 3. The fourth-order valence-corrected chi connectivity index (χ4v) is 1.47. The van der Waals surface area contributed by atoms with Crippen LogP contribution in [0.5, 0.6) is 0 Å². The van der Waals surface area contributed by atoms with E-state index in [0.29, 0.717) is 11.9 Å². The molecule has 2 N–H and O–H groups in total.